The maximum absolute atomic E-state index is 13.0. The van der Waals surface area contributed by atoms with Gasteiger partial charge in [-0.25, -0.2) is 0 Å². The highest BCUT2D eigenvalue weighted by Crippen LogP contribution is 2.42. The van der Waals surface area contributed by atoms with E-state index in [1.807, 2.05) is 0 Å². The van der Waals surface area contributed by atoms with Gasteiger partial charge in [-0.3, -0.25) is 9.59 Å². The SMILES string of the molecule is COc1c(Br)cc(C2=CNC(=O)CC2=O)cc1C(F)(F)F. The Morgan fingerprint density at radius 3 is 2.48 bits per heavy atom. The zero-order valence-electron chi connectivity index (χ0n) is 10.7. The van der Waals surface area contributed by atoms with E-state index in [-0.39, 0.29) is 21.4 Å². The second kappa shape index (κ2) is 5.51. The second-order valence-corrected chi connectivity index (χ2v) is 5.12. The smallest absolute Gasteiger partial charge is 0.420 e. The van der Waals surface area contributed by atoms with Crippen LogP contribution in [0.4, 0.5) is 13.2 Å². The van der Waals surface area contributed by atoms with Gasteiger partial charge in [0.1, 0.15) is 5.75 Å². The van der Waals surface area contributed by atoms with Gasteiger partial charge in [0, 0.05) is 11.8 Å². The van der Waals surface area contributed by atoms with E-state index in [1.54, 1.807) is 0 Å². The summed E-state index contributed by atoms with van der Waals surface area (Å²) in [5, 5.41) is 2.32. The van der Waals surface area contributed by atoms with Crippen molar-refractivity contribution in [3.63, 3.8) is 0 Å². The molecular formula is C13H9BrF3NO3. The highest BCUT2D eigenvalue weighted by molar-refractivity contribution is 9.10. The topological polar surface area (TPSA) is 55.4 Å². The number of ketones is 1. The van der Waals surface area contributed by atoms with Crippen LogP contribution in [0.5, 0.6) is 5.75 Å². The van der Waals surface area contributed by atoms with E-state index in [0.29, 0.717) is 0 Å². The minimum Gasteiger partial charge on any atom is -0.495 e. The fourth-order valence-corrected chi connectivity index (χ4v) is 2.56. The highest BCUT2D eigenvalue weighted by Gasteiger charge is 2.36. The molecular weight excluding hydrogens is 355 g/mol. The van der Waals surface area contributed by atoms with E-state index < -0.39 is 29.9 Å². The maximum Gasteiger partial charge on any atom is 0.420 e. The molecule has 0 spiro atoms. The third-order valence-electron chi connectivity index (χ3n) is 2.86. The third-order valence-corrected chi connectivity index (χ3v) is 3.45. The quantitative estimate of drug-likeness (QED) is 0.822. The molecule has 1 aromatic rings. The Bertz CT molecular complexity index is 653. The van der Waals surface area contributed by atoms with Crippen molar-refractivity contribution < 1.29 is 27.5 Å². The molecule has 1 aliphatic rings. The van der Waals surface area contributed by atoms with Gasteiger partial charge in [0.25, 0.3) is 0 Å². The molecule has 1 amide bonds. The van der Waals surface area contributed by atoms with Crippen molar-refractivity contribution in [3.05, 3.63) is 33.9 Å². The number of carbonyl (C=O) groups is 2. The molecule has 0 unspecified atom stereocenters. The van der Waals surface area contributed by atoms with Crippen LogP contribution in [-0.2, 0) is 15.8 Å². The molecule has 0 aromatic heterocycles. The highest BCUT2D eigenvalue weighted by atomic mass is 79.9. The van der Waals surface area contributed by atoms with Crippen LogP contribution in [-0.4, -0.2) is 18.8 Å². The van der Waals surface area contributed by atoms with E-state index in [1.165, 1.54) is 6.07 Å². The van der Waals surface area contributed by atoms with Crippen LogP contribution in [0.1, 0.15) is 17.5 Å². The normalized spacial score (nSPS) is 15.6. The molecule has 1 aliphatic heterocycles. The van der Waals surface area contributed by atoms with Gasteiger partial charge >= 0.3 is 6.18 Å². The molecule has 0 radical (unpaired) electrons. The Labute approximate surface area is 126 Å². The molecule has 0 saturated carbocycles. The summed E-state index contributed by atoms with van der Waals surface area (Å²) in [6, 6.07) is 2.17. The lowest BCUT2D eigenvalue weighted by molar-refractivity contribution is -0.139. The van der Waals surface area contributed by atoms with E-state index in [0.717, 1.165) is 19.4 Å². The molecule has 112 valence electrons. The van der Waals surface area contributed by atoms with Crippen molar-refractivity contribution in [2.45, 2.75) is 12.6 Å². The van der Waals surface area contributed by atoms with Crippen LogP contribution in [0.2, 0.25) is 0 Å². The van der Waals surface area contributed by atoms with Gasteiger partial charge in [0.15, 0.2) is 5.78 Å². The number of ether oxygens (including phenoxy) is 1. The first kappa shape index (κ1) is 15.6. The molecule has 0 saturated heterocycles. The first-order valence-corrected chi connectivity index (χ1v) is 6.51. The van der Waals surface area contributed by atoms with Gasteiger partial charge in [-0.1, -0.05) is 0 Å². The van der Waals surface area contributed by atoms with E-state index in [9.17, 15) is 22.8 Å². The summed E-state index contributed by atoms with van der Waals surface area (Å²) in [5.41, 5.74) is -0.927. The fraction of sp³-hybridized carbons (Fsp3) is 0.231. The zero-order chi connectivity index (χ0) is 15.8. The number of halogens is 4. The van der Waals surface area contributed by atoms with Crippen LogP contribution in [0, 0.1) is 0 Å². The molecule has 21 heavy (non-hydrogen) atoms. The number of allylic oxidation sites excluding steroid dienone is 1. The summed E-state index contributed by atoms with van der Waals surface area (Å²) < 4.78 is 44.0. The van der Waals surface area contributed by atoms with Crippen LogP contribution >= 0.6 is 15.9 Å². The van der Waals surface area contributed by atoms with Crippen molar-refractivity contribution in [3.8, 4) is 5.75 Å². The lowest BCUT2D eigenvalue weighted by Gasteiger charge is -2.18. The number of Topliss-reactive ketones (excluding diaryl/α,β-unsaturated/α-hetero) is 1. The molecule has 0 fully saturated rings. The van der Waals surface area contributed by atoms with Crippen molar-refractivity contribution in [2.75, 3.05) is 7.11 Å². The molecule has 0 bridgehead atoms. The van der Waals surface area contributed by atoms with Gasteiger partial charge in [-0.2, -0.15) is 13.2 Å². The number of methoxy groups -OCH3 is 1. The van der Waals surface area contributed by atoms with E-state index >= 15 is 0 Å². The summed E-state index contributed by atoms with van der Waals surface area (Å²) >= 11 is 3.00. The minimum absolute atomic E-state index is 0.0171. The van der Waals surface area contributed by atoms with Crippen LogP contribution in [0.25, 0.3) is 5.57 Å². The van der Waals surface area contributed by atoms with Gasteiger partial charge in [0.05, 0.1) is 23.6 Å². The summed E-state index contributed by atoms with van der Waals surface area (Å²) in [6.07, 6.45) is -3.91. The van der Waals surface area contributed by atoms with Crippen molar-refractivity contribution in [1.29, 1.82) is 0 Å². The lowest BCUT2D eigenvalue weighted by atomic mass is 9.96. The number of benzene rings is 1. The first-order chi connectivity index (χ1) is 9.74. The van der Waals surface area contributed by atoms with Gasteiger partial charge in [0.2, 0.25) is 5.91 Å². The predicted molar refractivity (Wildman–Crippen MR) is 71.4 cm³/mol. The Morgan fingerprint density at radius 2 is 1.95 bits per heavy atom. The van der Waals surface area contributed by atoms with Gasteiger partial charge in [-0.15, -0.1) is 0 Å². The number of rotatable bonds is 2. The molecule has 2 rings (SSSR count). The summed E-state index contributed by atoms with van der Waals surface area (Å²) in [5.74, 6) is -1.39. The summed E-state index contributed by atoms with van der Waals surface area (Å²) in [7, 11) is 1.13. The number of nitrogens with one attached hydrogen (secondary N) is 1. The molecule has 1 aromatic carbocycles. The molecule has 1 N–H and O–H groups in total. The number of hydrogen-bond acceptors (Lipinski definition) is 3. The average molecular weight is 364 g/mol. The van der Waals surface area contributed by atoms with Crippen LogP contribution in [0.15, 0.2) is 22.8 Å². The van der Waals surface area contributed by atoms with E-state index in [2.05, 4.69) is 21.2 Å². The Kier molecular flexibility index (Phi) is 4.08. The molecule has 1 heterocycles. The standard InChI is InChI=1S/C13H9BrF3NO3/c1-21-12-8(13(15,16)17)2-6(3-9(12)14)7-5-18-11(20)4-10(7)19/h2-3,5H,4H2,1H3,(H,18,20). The number of carbonyl (C=O) groups excluding carboxylic acids is 2. The average Bonchev–Trinajstić information content (AvgIpc) is 2.36. The van der Waals surface area contributed by atoms with Crippen molar-refractivity contribution >= 4 is 33.2 Å². The number of amides is 1. The largest absolute Gasteiger partial charge is 0.495 e. The van der Waals surface area contributed by atoms with Crippen LogP contribution < -0.4 is 10.1 Å². The van der Waals surface area contributed by atoms with E-state index in [4.69, 9.17) is 4.74 Å². The summed E-state index contributed by atoms with van der Waals surface area (Å²) in [6.45, 7) is 0. The molecule has 0 aliphatic carbocycles. The van der Waals surface area contributed by atoms with Crippen LogP contribution in [0.3, 0.4) is 0 Å². The maximum atomic E-state index is 13.0. The van der Waals surface area contributed by atoms with Gasteiger partial charge in [-0.05, 0) is 33.6 Å². The zero-order valence-corrected chi connectivity index (χ0v) is 12.3. The Hall–Kier alpha value is -1.83. The molecule has 8 heteroatoms. The third kappa shape index (κ3) is 3.10. The Morgan fingerprint density at radius 1 is 1.29 bits per heavy atom. The molecule has 4 nitrogen and oxygen atoms in total. The Balaban J connectivity index is 2.59. The van der Waals surface area contributed by atoms with Crippen molar-refractivity contribution in [1.82, 2.24) is 5.32 Å². The van der Waals surface area contributed by atoms with Gasteiger partial charge < -0.3 is 10.1 Å². The number of alkyl halides is 3. The van der Waals surface area contributed by atoms with Crippen molar-refractivity contribution in [2.24, 2.45) is 0 Å². The first-order valence-electron chi connectivity index (χ1n) is 5.72. The monoisotopic (exact) mass is 363 g/mol. The molecule has 0 atom stereocenters. The fourth-order valence-electron chi connectivity index (χ4n) is 1.94. The lowest BCUT2D eigenvalue weighted by Crippen LogP contribution is -2.27. The second-order valence-electron chi connectivity index (χ2n) is 4.26. The number of hydrogen-bond donors (Lipinski definition) is 1. The predicted octanol–water partition coefficient (Wildman–Crippen LogP) is 2.91. The minimum atomic E-state index is -4.63. The summed E-state index contributed by atoms with van der Waals surface area (Å²) in [4.78, 5) is 22.8.